The van der Waals surface area contributed by atoms with Gasteiger partial charge in [0.15, 0.2) is 0 Å². The highest BCUT2D eigenvalue weighted by Gasteiger charge is 2.33. The lowest BCUT2D eigenvalue weighted by Crippen LogP contribution is -2.27. The molecule has 3 rings (SSSR count). The van der Waals surface area contributed by atoms with Gasteiger partial charge in [-0.25, -0.2) is 9.97 Å². The van der Waals surface area contributed by atoms with Crippen LogP contribution in [0.4, 0.5) is 11.6 Å². The summed E-state index contributed by atoms with van der Waals surface area (Å²) in [7, 11) is 1.95. The topological polar surface area (TPSA) is 41.1 Å². The third-order valence-electron chi connectivity index (χ3n) is 3.92. The van der Waals surface area contributed by atoms with E-state index < -0.39 is 0 Å². The average molecular weight is 246 g/mol. The molecule has 1 aromatic heterocycles. The van der Waals surface area contributed by atoms with Crippen LogP contribution >= 0.6 is 0 Å². The van der Waals surface area contributed by atoms with Gasteiger partial charge in [-0.15, -0.1) is 0 Å². The van der Waals surface area contributed by atoms with Crippen LogP contribution in [0, 0.1) is 6.92 Å². The fraction of sp³-hybridized carbons (Fsp3) is 0.714. The van der Waals surface area contributed by atoms with E-state index in [1.165, 1.54) is 31.2 Å². The van der Waals surface area contributed by atoms with Gasteiger partial charge in [-0.05, 0) is 39.5 Å². The van der Waals surface area contributed by atoms with Crippen molar-refractivity contribution in [1.29, 1.82) is 0 Å². The summed E-state index contributed by atoms with van der Waals surface area (Å²) in [4.78, 5) is 12.0. The Hall–Kier alpha value is -1.32. The molecule has 18 heavy (non-hydrogen) atoms. The van der Waals surface area contributed by atoms with E-state index in [4.69, 9.17) is 4.98 Å². The summed E-state index contributed by atoms with van der Waals surface area (Å²) in [5.41, 5.74) is 1.19. The maximum atomic E-state index is 4.85. The molecule has 1 N–H and O–H groups in total. The van der Waals surface area contributed by atoms with Crippen LogP contribution in [0.3, 0.4) is 0 Å². The lowest BCUT2D eigenvalue weighted by molar-refractivity contribution is 0.785. The Labute approximate surface area is 109 Å². The number of anilines is 2. The lowest BCUT2D eigenvalue weighted by Gasteiger charge is -2.25. The van der Waals surface area contributed by atoms with Gasteiger partial charge in [0.2, 0.25) is 0 Å². The first-order valence-corrected chi connectivity index (χ1v) is 7.07. The fourth-order valence-corrected chi connectivity index (χ4v) is 2.54. The highest BCUT2D eigenvalue weighted by molar-refractivity contribution is 5.59. The molecule has 0 aromatic carbocycles. The minimum atomic E-state index is 0.606. The molecule has 4 nitrogen and oxygen atoms in total. The Balaban J connectivity index is 2.01. The van der Waals surface area contributed by atoms with Crippen LogP contribution in [-0.2, 0) is 0 Å². The van der Waals surface area contributed by atoms with Crippen molar-refractivity contribution in [2.45, 2.75) is 51.5 Å². The monoisotopic (exact) mass is 246 g/mol. The highest BCUT2D eigenvalue weighted by atomic mass is 15.2. The van der Waals surface area contributed by atoms with Gasteiger partial charge in [0, 0.05) is 31.1 Å². The Bertz CT molecular complexity index is 449. The summed E-state index contributed by atoms with van der Waals surface area (Å²) < 4.78 is 0. The molecular weight excluding hydrogens is 224 g/mol. The number of hydrogen-bond donors (Lipinski definition) is 1. The summed E-state index contributed by atoms with van der Waals surface area (Å²) in [6.07, 6.45) is 5.12. The third-order valence-corrected chi connectivity index (χ3v) is 3.92. The second-order valence-electron chi connectivity index (χ2n) is 5.42. The second-order valence-corrected chi connectivity index (χ2v) is 5.42. The summed E-state index contributed by atoms with van der Waals surface area (Å²) in [5, 5.41) is 3.22. The molecule has 0 unspecified atom stereocenters. The van der Waals surface area contributed by atoms with E-state index in [2.05, 4.69) is 29.0 Å². The minimum absolute atomic E-state index is 0.606. The Morgan fingerprint density at radius 2 is 1.94 bits per heavy atom. The van der Waals surface area contributed by atoms with Gasteiger partial charge in [-0.3, -0.25) is 0 Å². The van der Waals surface area contributed by atoms with E-state index >= 15 is 0 Å². The molecule has 0 amide bonds. The smallest absolute Gasteiger partial charge is 0.137 e. The minimum Gasteiger partial charge on any atom is -0.373 e. The van der Waals surface area contributed by atoms with Crippen LogP contribution in [-0.4, -0.2) is 29.6 Å². The van der Waals surface area contributed by atoms with Crippen LogP contribution in [0.5, 0.6) is 0 Å². The molecule has 4 heteroatoms. The molecule has 0 atom stereocenters. The Morgan fingerprint density at radius 3 is 2.44 bits per heavy atom. The maximum absolute atomic E-state index is 4.85. The Kier molecular flexibility index (Phi) is 2.88. The van der Waals surface area contributed by atoms with Crippen molar-refractivity contribution in [3.05, 3.63) is 11.4 Å². The number of rotatable bonds is 5. The molecule has 1 heterocycles. The van der Waals surface area contributed by atoms with Crippen LogP contribution in [0.2, 0.25) is 0 Å². The van der Waals surface area contributed by atoms with E-state index in [1.807, 2.05) is 7.05 Å². The highest BCUT2D eigenvalue weighted by Crippen LogP contribution is 2.41. The molecule has 1 aromatic rings. The van der Waals surface area contributed by atoms with Crippen molar-refractivity contribution >= 4 is 11.6 Å². The van der Waals surface area contributed by atoms with E-state index in [9.17, 15) is 0 Å². The molecule has 2 fully saturated rings. The third kappa shape index (κ3) is 2.04. The first kappa shape index (κ1) is 11.8. The summed E-state index contributed by atoms with van der Waals surface area (Å²) >= 11 is 0. The maximum Gasteiger partial charge on any atom is 0.137 e. The molecule has 0 spiro atoms. The zero-order valence-corrected chi connectivity index (χ0v) is 11.5. The zero-order valence-electron chi connectivity index (χ0n) is 11.5. The number of nitrogens with one attached hydrogen (secondary N) is 1. The van der Waals surface area contributed by atoms with Crippen molar-refractivity contribution in [2.75, 3.05) is 23.8 Å². The normalized spacial score (nSPS) is 18.8. The van der Waals surface area contributed by atoms with Crippen LogP contribution in [0.1, 0.15) is 49.9 Å². The van der Waals surface area contributed by atoms with Crippen molar-refractivity contribution in [2.24, 2.45) is 0 Å². The summed E-state index contributed by atoms with van der Waals surface area (Å²) in [5.74, 6) is 3.80. The molecule has 2 aliphatic rings. The van der Waals surface area contributed by atoms with Crippen molar-refractivity contribution in [1.82, 2.24) is 9.97 Å². The average Bonchev–Trinajstić information content (AvgIpc) is 3.24. The number of aromatic nitrogens is 2. The second kappa shape index (κ2) is 4.41. The van der Waals surface area contributed by atoms with Gasteiger partial charge < -0.3 is 10.2 Å². The van der Waals surface area contributed by atoms with E-state index in [0.717, 1.165) is 24.0 Å². The quantitative estimate of drug-likeness (QED) is 0.867. The predicted molar refractivity (Wildman–Crippen MR) is 74.3 cm³/mol. The lowest BCUT2D eigenvalue weighted by atomic mass is 10.2. The number of hydrogen-bond acceptors (Lipinski definition) is 4. The van der Waals surface area contributed by atoms with E-state index in [-0.39, 0.29) is 0 Å². The van der Waals surface area contributed by atoms with Crippen LogP contribution in [0.25, 0.3) is 0 Å². The largest absolute Gasteiger partial charge is 0.373 e. The number of nitrogens with zero attached hydrogens (tertiary/aromatic N) is 3. The summed E-state index contributed by atoms with van der Waals surface area (Å²) in [6, 6.07) is 0.709. The first-order valence-electron chi connectivity index (χ1n) is 7.07. The van der Waals surface area contributed by atoms with Gasteiger partial charge >= 0.3 is 0 Å². The van der Waals surface area contributed by atoms with E-state index in [1.54, 1.807) is 0 Å². The summed E-state index contributed by atoms with van der Waals surface area (Å²) in [6.45, 7) is 5.38. The van der Waals surface area contributed by atoms with Gasteiger partial charge in [0.1, 0.15) is 17.5 Å². The molecule has 0 aliphatic heterocycles. The van der Waals surface area contributed by atoms with Crippen LogP contribution in [0.15, 0.2) is 0 Å². The molecule has 2 aliphatic carbocycles. The van der Waals surface area contributed by atoms with Crippen molar-refractivity contribution in [3.8, 4) is 0 Å². The van der Waals surface area contributed by atoms with E-state index in [0.29, 0.717) is 12.0 Å². The molecular formula is C14H22N4. The standard InChI is InChI=1S/C14H22N4/c1-4-18(11-7-8-11)14-9(2)12(15-3)16-13(17-14)10-5-6-10/h10-11H,4-8H2,1-3H3,(H,15,16,17). The SMILES string of the molecule is CCN(c1nc(C2CC2)nc(NC)c1C)C1CC1. The molecule has 0 saturated heterocycles. The molecule has 0 bridgehead atoms. The van der Waals surface area contributed by atoms with Crippen molar-refractivity contribution in [3.63, 3.8) is 0 Å². The van der Waals surface area contributed by atoms with Crippen LogP contribution < -0.4 is 10.2 Å². The fourth-order valence-electron chi connectivity index (χ4n) is 2.54. The van der Waals surface area contributed by atoms with Gasteiger partial charge in [0.05, 0.1) is 0 Å². The van der Waals surface area contributed by atoms with Crippen molar-refractivity contribution < 1.29 is 0 Å². The first-order chi connectivity index (χ1) is 8.74. The predicted octanol–water partition coefficient (Wildman–Crippen LogP) is 2.69. The molecule has 2 saturated carbocycles. The Morgan fingerprint density at radius 1 is 1.22 bits per heavy atom. The molecule has 0 radical (unpaired) electrons. The van der Waals surface area contributed by atoms with Gasteiger partial charge in [0.25, 0.3) is 0 Å². The van der Waals surface area contributed by atoms with Gasteiger partial charge in [-0.1, -0.05) is 0 Å². The zero-order chi connectivity index (χ0) is 12.7. The van der Waals surface area contributed by atoms with Gasteiger partial charge in [-0.2, -0.15) is 0 Å². The molecule has 98 valence electrons.